The minimum absolute atomic E-state index is 0.0164. The largest absolute Gasteiger partial charge is 0.312 e. The fraction of sp³-hybridized carbons (Fsp3) is 0.333. The van der Waals surface area contributed by atoms with Gasteiger partial charge in [-0.2, -0.15) is 0 Å². The van der Waals surface area contributed by atoms with Crippen LogP contribution in [0.4, 0.5) is 5.69 Å². The highest BCUT2D eigenvalue weighted by Gasteiger charge is 2.21. The van der Waals surface area contributed by atoms with Gasteiger partial charge < -0.3 is 5.32 Å². The number of rotatable bonds is 6. The van der Waals surface area contributed by atoms with Crippen molar-refractivity contribution in [3.05, 3.63) is 61.3 Å². The topological polar surface area (TPSA) is 55.2 Å². The van der Waals surface area contributed by atoms with Gasteiger partial charge in [0.1, 0.15) is 0 Å². The van der Waals surface area contributed by atoms with E-state index in [0.29, 0.717) is 11.6 Å². The average molecular weight is 325 g/mol. The van der Waals surface area contributed by atoms with Crippen LogP contribution < -0.4 is 5.32 Å². The fourth-order valence-corrected chi connectivity index (χ4v) is 3.15. The van der Waals surface area contributed by atoms with Gasteiger partial charge in [0.15, 0.2) is 0 Å². The first-order valence-corrected chi connectivity index (χ1v) is 7.83. The smallest absolute Gasteiger partial charge is 0.270 e. The highest BCUT2D eigenvalue weighted by atomic mass is 35.5. The van der Waals surface area contributed by atoms with Crippen LogP contribution in [0.2, 0.25) is 5.02 Å². The summed E-state index contributed by atoms with van der Waals surface area (Å²) in [6.07, 6.45) is 0. The van der Waals surface area contributed by atoms with E-state index in [2.05, 4.69) is 36.7 Å². The quantitative estimate of drug-likeness (QED) is 0.633. The summed E-state index contributed by atoms with van der Waals surface area (Å²) in [5.41, 5.74) is 0.924. The Bertz CT molecular complexity index is 627. The van der Waals surface area contributed by atoms with Crippen molar-refractivity contribution in [1.82, 2.24) is 5.32 Å². The van der Waals surface area contributed by atoms with Crippen LogP contribution in [0.3, 0.4) is 0 Å². The first kappa shape index (κ1) is 15.9. The molecule has 2 rings (SSSR count). The summed E-state index contributed by atoms with van der Waals surface area (Å²) >= 11 is 7.82. The molecule has 0 saturated carbocycles. The van der Waals surface area contributed by atoms with Crippen LogP contribution in [0.1, 0.15) is 24.3 Å². The molecule has 6 heteroatoms. The maximum absolute atomic E-state index is 10.7. The Morgan fingerprint density at radius 3 is 2.71 bits per heavy atom. The zero-order chi connectivity index (χ0) is 15.5. The molecule has 112 valence electrons. The Balaban J connectivity index is 1.96. The van der Waals surface area contributed by atoms with Crippen LogP contribution in [0.25, 0.3) is 0 Å². The van der Waals surface area contributed by atoms with Crippen LogP contribution in [0, 0.1) is 10.1 Å². The maximum Gasteiger partial charge on any atom is 0.270 e. The Morgan fingerprint density at radius 1 is 1.38 bits per heavy atom. The normalized spacial score (nSPS) is 11.6. The first-order valence-electron chi connectivity index (χ1n) is 6.58. The van der Waals surface area contributed by atoms with Crippen molar-refractivity contribution in [2.75, 3.05) is 6.54 Å². The summed E-state index contributed by atoms with van der Waals surface area (Å²) in [6, 6.07) is 8.75. The number of nitrogens with one attached hydrogen (secondary N) is 1. The third kappa shape index (κ3) is 4.03. The molecular formula is C15H17ClN2O2S. The summed E-state index contributed by atoms with van der Waals surface area (Å²) in [7, 11) is 0. The number of hydrogen-bond acceptors (Lipinski definition) is 4. The standard InChI is InChI=1S/C15H17ClN2O2S/c1-15(2,14-4-3-7-21-14)10-17-9-11-5-6-12(18(19)20)8-13(11)16/h3-8,17H,9-10H2,1-2H3. The van der Waals surface area contributed by atoms with Gasteiger partial charge >= 0.3 is 0 Å². The number of hydrogen-bond donors (Lipinski definition) is 1. The molecule has 1 aromatic carbocycles. The number of nitrogens with zero attached hydrogens (tertiary/aromatic N) is 1. The second-order valence-electron chi connectivity index (χ2n) is 5.50. The molecule has 0 aliphatic rings. The SMILES string of the molecule is CC(C)(CNCc1ccc([N+](=O)[O-])cc1Cl)c1cccs1. The number of benzene rings is 1. The van der Waals surface area contributed by atoms with Crippen LogP contribution in [-0.2, 0) is 12.0 Å². The highest BCUT2D eigenvalue weighted by molar-refractivity contribution is 7.10. The molecule has 0 bridgehead atoms. The third-order valence-corrected chi connectivity index (χ3v) is 4.91. The molecule has 0 aliphatic heterocycles. The number of nitro groups is 1. The lowest BCUT2D eigenvalue weighted by Crippen LogP contribution is -2.31. The summed E-state index contributed by atoms with van der Waals surface area (Å²) in [5.74, 6) is 0. The Labute approximate surface area is 132 Å². The van der Waals surface area contributed by atoms with Gasteiger partial charge in [0.2, 0.25) is 0 Å². The van der Waals surface area contributed by atoms with Gasteiger partial charge in [-0.3, -0.25) is 10.1 Å². The van der Waals surface area contributed by atoms with E-state index in [9.17, 15) is 10.1 Å². The first-order chi connectivity index (χ1) is 9.90. The lowest BCUT2D eigenvalue weighted by molar-refractivity contribution is -0.384. The second kappa shape index (κ2) is 6.56. The molecule has 21 heavy (non-hydrogen) atoms. The molecule has 0 amide bonds. The lowest BCUT2D eigenvalue weighted by atomic mass is 9.91. The van der Waals surface area contributed by atoms with Gasteiger partial charge in [-0.05, 0) is 23.1 Å². The van der Waals surface area contributed by atoms with Crippen molar-refractivity contribution in [3.8, 4) is 0 Å². The molecule has 0 aliphatic carbocycles. The van der Waals surface area contributed by atoms with E-state index >= 15 is 0 Å². The van der Waals surface area contributed by atoms with Crippen LogP contribution in [0.5, 0.6) is 0 Å². The van der Waals surface area contributed by atoms with Crippen LogP contribution in [-0.4, -0.2) is 11.5 Å². The van der Waals surface area contributed by atoms with E-state index in [0.717, 1.165) is 12.1 Å². The number of non-ortho nitro benzene ring substituents is 1. The summed E-state index contributed by atoms with van der Waals surface area (Å²) in [4.78, 5) is 11.6. The highest BCUT2D eigenvalue weighted by Crippen LogP contribution is 2.27. The summed E-state index contributed by atoms with van der Waals surface area (Å²) in [6.45, 7) is 5.76. The van der Waals surface area contributed by atoms with Gasteiger partial charge in [-0.25, -0.2) is 0 Å². The average Bonchev–Trinajstić information content (AvgIpc) is 2.95. The molecule has 0 atom stereocenters. The summed E-state index contributed by atoms with van der Waals surface area (Å²) in [5, 5.41) is 16.5. The zero-order valence-electron chi connectivity index (χ0n) is 11.9. The van der Waals surface area contributed by atoms with Gasteiger partial charge in [0.25, 0.3) is 5.69 Å². The Morgan fingerprint density at radius 2 is 2.14 bits per heavy atom. The van der Waals surface area contributed by atoms with Crippen molar-refractivity contribution >= 4 is 28.6 Å². The van der Waals surface area contributed by atoms with Gasteiger partial charge in [0, 0.05) is 35.5 Å². The molecule has 1 aromatic heterocycles. The van der Waals surface area contributed by atoms with E-state index in [1.54, 1.807) is 17.4 Å². The van der Waals surface area contributed by atoms with Crippen LogP contribution >= 0.6 is 22.9 Å². The lowest BCUT2D eigenvalue weighted by Gasteiger charge is -2.24. The van der Waals surface area contributed by atoms with E-state index in [1.807, 2.05) is 0 Å². The third-order valence-electron chi connectivity index (χ3n) is 3.32. The molecule has 0 radical (unpaired) electrons. The van der Waals surface area contributed by atoms with E-state index in [1.165, 1.54) is 17.0 Å². The molecule has 4 nitrogen and oxygen atoms in total. The number of nitro benzene ring substituents is 1. The fourth-order valence-electron chi connectivity index (χ4n) is 2.05. The molecular weight excluding hydrogens is 308 g/mol. The molecule has 0 spiro atoms. The Hall–Kier alpha value is -1.43. The predicted molar refractivity (Wildman–Crippen MR) is 87.2 cm³/mol. The van der Waals surface area contributed by atoms with Crippen molar-refractivity contribution in [2.24, 2.45) is 0 Å². The minimum Gasteiger partial charge on any atom is -0.312 e. The van der Waals surface area contributed by atoms with Crippen LogP contribution in [0.15, 0.2) is 35.7 Å². The summed E-state index contributed by atoms with van der Waals surface area (Å²) < 4.78 is 0. The number of thiophene rings is 1. The van der Waals surface area contributed by atoms with Crippen molar-refractivity contribution in [3.63, 3.8) is 0 Å². The molecule has 1 N–H and O–H groups in total. The van der Waals surface area contributed by atoms with E-state index in [-0.39, 0.29) is 11.1 Å². The molecule has 0 saturated heterocycles. The predicted octanol–water partition coefficient (Wildman–Crippen LogP) is 4.38. The van der Waals surface area contributed by atoms with Crippen molar-refractivity contribution in [1.29, 1.82) is 0 Å². The molecule has 0 fully saturated rings. The van der Waals surface area contributed by atoms with Crippen molar-refractivity contribution < 1.29 is 4.92 Å². The van der Waals surface area contributed by atoms with Gasteiger partial charge in [-0.15, -0.1) is 11.3 Å². The Kier molecular flexibility index (Phi) is 4.98. The minimum atomic E-state index is -0.441. The molecule has 0 unspecified atom stereocenters. The van der Waals surface area contributed by atoms with E-state index < -0.39 is 4.92 Å². The zero-order valence-corrected chi connectivity index (χ0v) is 13.5. The molecule has 2 aromatic rings. The molecule has 1 heterocycles. The monoisotopic (exact) mass is 324 g/mol. The van der Waals surface area contributed by atoms with Gasteiger partial charge in [0.05, 0.1) is 9.95 Å². The van der Waals surface area contributed by atoms with Crippen molar-refractivity contribution in [2.45, 2.75) is 25.8 Å². The van der Waals surface area contributed by atoms with Gasteiger partial charge in [-0.1, -0.05) is 31.5 Å². The number of halogens is 1. The second-order valence-corrected chi connectivity index (χ2v) is 6.85. The maximum atomic E-state index is 10.7. The van der Waals surface area contributed by atoms with E-state index in [4.69, 9.17) is 11.6 Å².